The third-order valence-electron chi connectivity index (χ3n) is 1.24. The normalized spacial score (nSPS) is 9.92. The number of nitrogens with zero attached hydrogens (tertiary/aromatic N) is 1. The molecule has 0 aliphatic rings. The predicted octanol–water partition coefficient (Wildman–Crippen LogP) is 2.79. The summed E-state index contributed by atoms with van der Waals surface area (Å²) in [6.07, 6.45) is 0. The van der Waals surface area contributed by atoms with Gasteiger partial charge in [-0.15, -0.1) is 12.6 Å². The van der Waals surface area contributed by atoms with Crippen LogP contribution >= 0.6 is 28.6 Å². The highest BCUT2D eigenvalue weighted by atomic mass is 79.9. The Bertz CT molecular complexity index is 345. The van der Waals surface area contributed by atoms with E-state index in [4.69, 9.17) is 0 Å². The number of nitro groups is 1. The molecule has 0 bridgehead atoms. The number of nitro benzene ring substituents is 1. The maximum atomic E-state index is 12.7. The van der Waals surface area contributed by atoms with Crippen LogP contribution in [-0.2, 0) is 0 Å². The van der Waals surface area contributed by atoms with Gasteiger partial charge in [0, 0.05) is 6.07 Å². The van der Waals surface area contributed by atoms with E-state index < -0.39 is 10.7 Å². The van der Waals surface area contributed by atoms with E-state index in [0.717, 1.165) is 12.1 Å². The molecule has 12 heavy (non-hydrogen) atoms. The Hall–Kier alpha value is -0.620. The van der Waals surface area contributed by atoms with Crippen molar-refractivity contribution in [1.82, 2.24) is 0 Å². The van der Waals surface area contributed by atoms with Crippen LogP contribution in [0.3, 0.4) is 0 Å². The lowest BCUT2D eigenvalue weighted by atomic mass is 10.3. The summed E-state index contributed by atoms with van der Waals surface area (Å²) in [5.74, 6) is -0.587. The lowest BCUT2D eigenvalue weighted by Gasteiger charge is -1.98. The third kappa shape index (κ3) is 1.59. The number of hydrogen-bond acceptors (Lipinski definition) is 3. The average Bonchev–Trinajstić information content (AvgIpc) is 2.00. The molecular weight excluding hydrogens is 249 g/mol. The Morgan fingerprint density at radius 1 is 1.58 bits per heavy atom. The molecule has 0 unspecified atom stereocenters. The van der Waals surface area contributed by atoms with Gasteiger partial charge in [-0.2, -0.15) is 0 Å². The van der Waals surface area contributed by atoms with Crippen molar-refractivity contribution in [2.75, 3.05) is 0 Å². The summed E-state index contributed by atoms with van der Waals surface area (Å²) >= 11 is 6.62. The average molecular weight is 252 g/mol. The highest BCUT2D eigenvalue weighted by Gasteiger charge is 2.16. The Kier molecular flexibility index (Phi) is 2.69. The van der Waals surface area contributed by atoms with Crippen molar-refractivity contribution in [2.24, 2.45) is 0 Å². The molecule has 1 aromatic rings. The monoisotopic (exact) mass is 251 g/mol. The number of halogens is 2. The van der Waals surface area contributed by atoms with Gasteiger partial charge < -0.3 is 0 Å². The van der Waals surface area contributed by atoms with Crippen molar-refractivity contribution < 1.29 is 9.31 Å². The molecule has 0 fully saturated rings. The molecule has 1 rings (SSSR count). The van der Waals surface area contributed by atoms with Crippen LogP contribution in [-0.4, -0.2) is 4.92 Å². The van der Waals surface area contributed by atoms with Gasteiger partial charge in [-0.3, -0.25) is 10.1 Å². The Morgan fingerprint density at radius 2 is 2.17 bits per heavy atom. The highest BCUT2D eigenvalue weighted by molar-refractivity contribution is 9.10. The molecule has 0 aromatic heterocycles. The maximum Gasteiger partial charge on any atom is 0.284 e. The van der Waals surface area contributed by atoms with E-state index in [1.807, 2.05) is 0 Å². The summed E-state index contributed by atoms with van der Waals surface area (Å²) in [4.78, 5) is 9.64. The van der Waals surface area contributed by atoms with Gasteiger partial charge in [-0.1, -0.05) is 0 Å². The van der Waals surface area contributed by atoms with E-state index in [9.17, 15) is 14.5 Å². The molecule has 6 heteroatoms. The van der Waals surface area contributed by atoms with E-state index in [-0.39, 0.29) is 15.1 Å². The molecule has 3 nitrogen and oxygen atoms in total. The zero-order valence-corrected chi connectivity index (χ0v) is 8.10. The molecule has 0 atom stereocenters. The number of benzene rings is 1. The molecule has 0 spiro atoms. The van der Waals surface area contributed by atoms with E-state index in [0.29, 0.717) is 0 Å². The van der Waals surface area contributed by atoms with Crippen LogP contribution in [0.4, 0.5) is 10.1 Å². The van der Waals surface area contributed by atoms with Gasteiger partial charge in [0.1, 0.15) is 10.3 Å². The smallest absolute Gasteiger partial charge is 0.258 e. The highest BCUT2D eigenvalue weighted by Crippen LogP contribution is 2.32. The third-order valence-corrected chi connectivity index (χ3v) is 2.79. The molecule has 0 saturated carbocycles. The first-order chi connectivity index (χ1) is 5.54. The maximum absolute atomic E-state index is 12.7. The minimum Gasteiger partial charge on any atom is -0.258 e. The molecule has 0 amide bonds. The van der Waals surface area contributed by atoms with Gasteiger partial charge in [0.25, 0.3) is 5.69 Å². The molecule has 0 heterocycles. The fourth-order valence-electron chi connectivity index (χ4n) is 0.671. The first kappa shape index (κ1) is 9.47. The fraction of sp³-hybridized carbons (Fsp3) is 0. The standard InChI is InChI=1S/C6H3BrFNO2S/c7-5-4(9(10)11)2-1-3(8)6(5)12/h1-2,12H. The van der Waals surface area contributed by atoms with Gasteiger partial charge in [0.2, 0.25) is 0 Å². The minimum atomic E-state index is -0.608. The largest absolute Gasteiger partial charge is 0.284 e. The van der Waals surface area contributed by atoms with Crippen molar-refractivity contribution in [3.05, 3.63) is 32.5 Å². The first-order valence-corrected chi connectivity index (χ1v) is 4.09. The molecular formula is C6H3BrFNO2S. The minimum absolute atomic E-state index is 0.0517. The van der Waals surface area contributed by atoms with Crippen LogP contribution in [0.15, 0.2) is 21.5 Å². The van der Waals surface area contributed by atoms with E-state index in [1.165, 1.54) is 0 Å². The summed E-state index contributed by atoms with van der Waals surface area (Å²) in [7, 11) is 0. The summed E-state index contributed by atoms with van der Waals surface area (Å²) in [6.45, 7) is 0. The Balaban J connectivity index is 3.36. The summed E-state index contributed by atoms with van der Waals surface area (Å²) in [5, 5.41) is 10.3. The van der Waals surface area contributed by atoms with Gasteiger partial charge in [-0.25, -0.2) is 4.39 Å². The predicted molar refractivity (Wildman–Crippen MR) is 48.0 cm³/mol. The molecule has 0 saturated heterocycles. The van der Waals surface area contributed by atoms with Gasteiger partial charge in [0.05, 0.1) is 9.82 Å². The zero-order valence-electron chi connectivity index (χ0n) is 5.62. The van der Waals surface area contributed by atoms with Crippen LogP contribution in [0.25, 0.3) is 0 Å². The van der Waals surface area contributed by atoms with Gasteiger partial charge in [0.15, 0.2) is 0 Å². The molecule has 1 aromatic carbocycles. The number of rotatable bonds is 1. The van der Waals surface area contributed by atoms with Crippen LogP contribution < -0.4 is 0 Å². The summed E-state index contributed by atoms with van der Waals surface area (Å²) < 4.78 is 12.8. The molecule has 0 aliphatic heterocycles. The molecule has 0 N–H and O–H groups in total. The number of hydrogen-bond donors (Lipinski definition) is 1. The van der Waals surface area contributed by atoms with Gasteiger partial charge >= 0.3 is 0 Å². The fourth-order valence-corrected chi connectivity index (χ4v) is 1.33. The zero-order chi connectivity index (χ0) is 9.30. The quantitative estimate of drug-likeness (QED) is 0.474. The van der Waals surface area contributed by atoms with Crippen molar-refractivity contribution in [3.8, 4) is 0 Å². The SMILES string of the molecule is O=[N+]([O-])c1ccc(F)c(S)c1Br. The Morgan fingerprint density at radius 3 is 2.67 bits per heavy atom. The van der Waals surface area contributed by atoms with E-state index in [2.05, 4.69) is 28.6 Å². The number of thiol groups is 1. The molecule has 0 aliphatic carbocycles. The van der Waals surface area contributed by atoms with Crippen molar-refractivity contribution in [2.45, 2.75) is 4.90 Å². The van der Waals surface area contributed by atoms with E-state index >= 15 is 0 Å². The van der Waals surface area contributed by atoms with Crippen LogP contribution in [0.5, 0.6) is 0 Å². The molecule has 64 valence electrons. The first-order valence-electron chi connectivity index (χ1n) is 2.85. The second-order valence-electron chi connectivity index (χ2n) is 1.99. The van der Waals surface area contributed by atoms with Crippen molar-refractivity contribution in [3.63, 3.8) is 0 Å². The van der Waals surface area contributed by atoms with Crippen molar-refractivity contribution in [1.29, 1.82) is 0 Å². The summed E-state index contributed by atoms with van der Waals surface area (Å²) in [6, 6.07) is 2.09. The molecule has 0 radical (unpaired) electrons. The summed E-state index contributed by atoms with van der Waals surface area (Å²) in [5.41, 5.74) is -0.193. The lowest BCUT2D eigenvalue weighted by molar-refractivity contribution is -0.386. The van der Waals surface area contributed by atoms with Crippen LogP contribution in [0.2, 0.25) is 0 Å². The second-order valence-corrected chi connectivity index (χ2v) is 3.23. The van der Waals surface area contributed by atoms with E-state index in [1.54, 1.807) is 0 Å². The Labute approximate surface area is 81.3 Å². The van der Waals surface area contributed by atoms with Crippen LogP contribution in [0.1, 0.15) is 0 Å². The topological polar surface area (TPSA) is 43.1 Å². The lowest BCUT2D eigenvalue weighted by Crippen LogP contribution is -1.91. The van der Waals surface area contributed by atoms with Gasteiger partial charge in [-0.05, 0) is 22.0 Å². The van der Waals surface area contributed by atoms with Crippen LogP contribution in [0, 0.1) is 15.9 Å². The second kappa shape index (κ2) is 3.40. The van der Waals surface area contributed by atoms with Crippen molar-refractivity contribution >= 4 is 34.2 Å².